The van der Waals surface area contributed by atoms with Gasteiger partial charge in [0.2, 0.25) is 0 Å². The molecule has 0 aliphatic rings. The molecule has 0 fully saturated rings. The molecule has 1 aromatic heterocycles. The molecular weight excluding hydrogens is 253 g/mol. The molecule has 2 rings (SSSR count). The summed E-state index contributed by atoms with van der Waals surface area (Å²) < 4.78 is 18.0. The van der Waals surface area contributed by atoms with Gasteiger partial charge < -0.3 is 15.2 Å². The van der Waals surface area contributed by atoms with Crippen molar-refractivity contribution in [3.63, 3.8) is 0 Å². The summed E-state index contributed by atoms with van der Waals surface area (Å²) in [7, 11) is 0. The number of hydrogen-bond acceptors (Lipinski definition) is 4. The van der Waals surface area contributed by atoms with Crippen LogP contribution in [0.25, 0.3) is 0 Å². The Hall–Kier alpha value is -1.59. The summed E-state index contributed by atoms with van der Waals surface area (Å²) in [6.07, 6.45) is -0.616. The fraction of sp³-hybridized carbons (Fsp3) is 0.231. The molecule has 0 aliphatic heterocycles. The molecular formula is C13H14FNO2S. The van der Waals surface area contributed by atoms with Crippen LogP contribution in [0.4, 0.5) is 10.1 Å². The van der Waals surface area contributed by atoms with Crippen molar-refractivity contribution < 1.29 is 14.2 Å². The number of halogens is 1. The van der Waals surface area contributed by atoms with Crippen LogP contribution in [0.2, 0.25) is 0 Å². The second kappa shape index (κ2) is 6.37. The number of benzene rings is 1. The molecule has 2 N–H and O–H groups in total. The van der Waals surface area contributed by atoms with Crippen LogP contribution in [0.1, 0.15) is 0 Å². The van der Waals surface area contributed by atoms with Gasteiger partial charge >= 0.3 is 0 Å². The predicted molar refractivity (Wildman–Crippen MR) is 70.7 cm³/mol. The molecule has 0 spiro atoms. The quantitative estimate of drug-likeness (QED) is 0.845. The Morgan fingerprint density at radius 2 is 2.06 bits per heavy atom. The highest BCUT2D eigenvalue weighted by atomic mass is 32.1. The van der Waals surface area contributed by atoms with Crippen LogP contribution in [0.5, 0.6) is 5.75 Å². The largest absolute Gasteiger partial charge is 0.491 e. The molecule has 0 aliphatic carbocycles. The fourth-order valence-corrected chi connectivity index (χ4v) is 2.00. The third-order valence-electron chi connectivity index (χ3n) is 2.32. The molecule has 0 saturated carbocycles. The first-order valence-electron chi connectivity index (χ1n) is 5.56. The lowest BCUT2D eigenvalue weighted by atomic mass is 10.3. The molecule has 1 aromatic carbocycles. The van der Waals surface area contributed by atoms with Crippen LogP contribution in [-0.2, 0) is 0 Å². The van der Waals surface area contributed by atoms with E-state index in [9.17, 15) is 9.50 Å². The molecule has 2 aromatic rings. The summed E-state index contributed by atoms with van der Waals surface area (Å²) in [6.45, 7) is 0.584. The average Bonchev–Trinajstić information content (AvgIpc) is 2.89. The van der Waals surface area contributed by atoms with Crippen LogP contribution in [0, 0.1) is 5.82 Å². The van der Waals surface area contributed by atoms with E-state index in [0.717, 1.165) is 5.69 Å². The molecule has 0 amide bonds. The van der Waals surface area contributed by atoms with E-state index in [1.165, 1.54) is 24.3 Å². The Bertz CT molecular complexity index is 458. The third kappa shape index (κ3) is 4.01. The van der Waals surface area contributed by atoms with E-state index in [2.05, 4.69) is 5.32 Å². The number of rotatable bonds is 6. The number of ether oxygens (including phenoxy) is 1. The molecule has 18 heavy (non-hydrogen) atoms. The maximum absolute atomic E-state index is 12.6. The minimum Gasteiger partial charge on any atom is -0.491 e. The Morgan fingerprint density at radius 1 is 1.28 bits per heavy atom. The summed E-state index contributed by atoms with van der Waals surface area (Å²) >= 11 is 1.59. The van der Waals surface area contributed by atoms with E-state index in [1.807, 2.05) is 16.8 Å². The van der Waals surface area contributed by atoms with Crippen molar-refractivity contribution in [3.8, 4) is 5.75 Å². The van der Waals surface area contributed by atoms with Gasteiger partial charge in [-0.2, -0.15) is 11.3 Å². The standard InChI is InChI=1S/C13H14FNO2S/c14-10-1-3-13(4-2-10)17-8-12(16)7-15-11-5-6-18-9-11/h1-6,9,12,15-16H,7-8H2. The topological polar surface area (TPSA) is 41.5 Å². The first-order chi connectivity index (χ1) is 8.74. The summed E-state index contributed by atoms with van der Waals surface area (Å²) in [5.74, 6) is 0.244. The molecule has 1 heterocycles. The normalized spacial score (nSPS) is 12.1. The van der Waals surface area contributed by atoms with Crippen molar-refractivity contribution in [3.05, 3.63) is 46.9 Å². The highest BCUT2D eigenvalue weighted by Gasteiger charge is 2.05. The summed E-state index contributed by atoms with van der Waals surface area (Å²) in [5.41, 5.74) is 0.987. The molecule has 0 bridgehead atoms. The molecule has 1 unspecified atom stereocenters. The van der Waals surface area contributed by atoms with Crippen molar-refractivity contribution in [2.24, 2.45) is 0 Å². The van der Waals surface area contributed by atoms with E-state index < -0.39 is 6.10 Å². The first kappa shape index (κ1) is 12.9. The van der Waals surface area contributed by atoms with E-state index in [-0.39, 0.29) is 12.4 Å². The first-order valence-corrected chi connectivity index (χ1v) is 6.51. The minimum atomic E-state index is -0.616. The van der Waals surface area contributed by atoms with Crippen molar-refractivity contribution in [2.45, 2.75) is 6.10 Å². The minimum absolute atomic E-state index is 0.169. The Balaban J connectivity index is 1.71. The average molecular weight is 267 g/mol. The van der Waals surface area contributed by atoms with Gasteiger partial charge in [-0.3, -0.25) is 0 Å². The van der Waals surface area contributed by atoms with Gasteiger partial charge in [-0.15, -0.1) is 0 Å². The number of hydrogen-bond donors (Lipinski definition) is 2. The van der Waals surface area contributed by atoms with E-state index in [1.54, 1.807) is 11.3 Å². The lowest BCUT2D eigenvalue weighted by Gasteiger charge is -2.13. The van der Waals surface area contributed by atoms with Crippen LogP contribution < -0.4 is 10.1 Å². The zero-order valence-electron chi connectivity index (χ0n) is 9.67. The number of anilines is 1. The van der Waals surface area contributed by atoms with Gasteiger partial charge in [-0.1, -0.05) is 0 Å². The number of aliphatic hydroxyl groups excluding tert-OH is 1. The SMILES string of the molecule is OC(CNc1ccsc1)COc1ccc(F)cc1. The van der Waals surface area contributed by atoms with Gasteiger partial charge in [-0.25, -0.2) is 4.39 Å². The van der Waals surface area contributed by atoms with E-state index >= 15 is 0 Å². The van der Waals surface area contributed by atoms with Gasteiger partial charge in [0.15, 0.2) is 0 Å². The fourth-order valence-electron chi connectivity index (χ4n) is 1.38. The number of nitrogens with one attached hydrogen (secondary N) is 1. The van der Waals surface area contributed by atoms with Crippen LogP contribution in [0.3, 0.4) is 0 Å². The summed E-state index contributed by atoms with van der Waals surface area (Å²) in [5, 5.41) is 16.7. The van der Waals surface area contributed by atoms with Crippen molar-refractivity contribution >= 4 is 17.0 Å². The van der Waals surface area contributed by atoms with Crippen LogP contribution in [0.15, 0.2) is 41.1 Å². The molecule has 96 valence electrons. The predicted octanol–water partition coefficient (Wildman–Crippen LogP) is 2.74. The molecule has 1 atom stereocenters. The van der Waals surface area contributed by atoms with Gasteiger partial charge in [0, 0.05) is 17.6 Å². The van der Waals surface area contributed by atoms with Gasteiger partial charge in [-0.05, 0) is 35.7 Å². The van der Waals surface area contributed by atoms with Crippen LogP contribution in [-0.4, -0.2) is 24.4 Å². The van der Waals surface area contributed by atoms with E-state index in [4.69, 9.17) is 4.74 Å². The second-order valence-electron chi connectivity index (χ2n) is 3.81. The molecule has 5 heteroatoms. The van der Waals surface area contributed by atoms with E-state index in [0.29, 0.717) is 12.3 Å². The monoisotopic (exact) mass is 267 g/mol. The van der Waals surface area contributed by atoms with Crippen molar-refractivity contribution in [2.75, 3.05) is 18.5 Å². The van der Waals surface area contributed by atoms with Gasteiger partial charge in [0.1, 0.15) is 24.3 Å². The molecule has 3 nitrogen and oxygen atoms in total. The number of aliphatic hydroxyl groups is 1. The lowest BCUT2D eigenvalue weighted by Crippen LogP contribution is -2.26. The zero-order chi connectivity index (χ0) is 12.8. The third-order valence-corrected chi connectivity index (χ3v) is 3.00. The Kier molecular flexibility index (Phi) is 4.55. The maximum Gasteiger partial charge on any atom is 0.123 e. The summed E-state index contributed by atoms with van der Waals surface area (Å²) in [4.78, 5) is 0. The maximum atomic E-state index is 12.6. The number of thiophene rings is 1. The Morgan fingerprint density at radius 3 is 2.72 bits per heavy atom. The summed E-state index contributed by atoms with van der Waals surface area (Å²) in [6, 6.07) is 7.66. The van der Waals surface area contributed by atoms with Gasteiger partial charge in [0.25, 0.3) is 0 Å². The highest BCUT2D eigenvalue weighted by molar-refractivity contribution is 7.08. The van der Waals surface area contributed by atoms with Gasteiger partial charge in [0.05, 0.1) is 0 Å². The highest BCUT2D eigenvalue weighted by Crippen LogP contribution is 2.13. The molecule has 0 saturated heterocycles. The lowest BCUT2D eigenvalue weighted by molar-refractivity contribution is 0.117. The Labute approximate surface area is 109 Å². The zero-order valence-corrected chi connectivity index (χ0v) is 10.5. The van der Waals surface area contributed by atoms with Crippen molar-refractivity contribution in [1.29, 1.82) is 0 Å². The molecule has 0 radical (unpaired) electrons. The smallest absolute Gasteiger partial charge is 0.123 e. The second-order valence-corrected chi connectivity index (χ2v) is 4.59. The van der Waals surface area contributed by atoms with Crippen molar-refractivity contribution in [1.82, 2.24) is 0 Å². The van der Waals surface area contributed by atoms with Crippen LogP contribution >= 0.6 is 11.3 Å².